The van der Waals surface area contributed by atoms with E-state index >= 15 is 0 Å². The Kier molecular flexibility index (Phi) is 8.02. The quantitative estimate of drug-likeness (QED) is 0.686. The highest BCUT2D eigenvalue weighted by molar-refractivity contribution is 9.10. The molecule has 0 spiro atoms. The molecule has 0 amide bonds. The van der Waals surface area contributed by atoms with Gasteiger partial charge in [0, 0.05) is 29.7 Å². The second kappa shape index (κ2) is 9.26. The van der Waals surface area contributed by atoms with Gasteiger partial charge in [0.1, 0.15) is 5.75 Å². The normalized spacial score (nSPS) is 11.3. The standard InChI is InChI=1S/C14H20BrF2NO2/c1-10(2)9-19-6-5-18-8-11-7-12(15)3-4-13(11)20-14(16)17/h3-4,7,10,14,18H,5-6,8-9H2,1-2H3. The van der Waals surface area contributed by atoms with Crippen LogP contribution < -0.4 is 10.1 Å². The van der Waals surface area contributed by atoms with Gasteiger partial charge in [0.05, 0.1) is 6.61 Å². The predicted molar refractivity (Wildman–Crippen MR) is 78.1 cm³/mol. The monoisotopic (exact) mass is 351 g/mol. The summed E-state index contributed by atoms with van der Waals surface area (Å²) in [5, 5.41) is 3.15. The van der Waals surface area contributed by atoms with E-state index in [9.17, 15) is 8.78 Å². The summed E-state index contributed by atoms with van der Waals surface area (Å²) < 4.78 is 35.3. The molecule has 0 heterocycles. The molecule has 114 valence electrons. The van der Waals surface area contributed by atoms with Gasteiger partial charge in [-0.3, -0.25) is 0 Å². The first-order chi connectivity index (χ1) is 9.49. The van der Waals surface area contributed by atoms with E-state index < -0.39 is 6.61 Å². The highest BCUT2D eigenvalue weighted by atomic mass is 79.9. The fraction of sp³-hybridized carbons (Fsp3) is 0.571. The Morgan fingerprint density at radius 3 is 2.70 bits per heavy atom. The molecule has 0 fully saturated rings. The molecule has 1 aromatic rings. The Morgan fingerprint density at radius 1 is 1.30 bits per heavy atom. The lowest BCUT2D eigenvalue weighted by Crippen LogP contribution is -2.21. The van der Waals surface area contributed by atoms with E-state index in [0.29, 0.717) is 31.2 Å². The molecular formula is C14H20BrF2NO2. The highest BCUT2D eigenvalue weighted by Crippen LogP contribution is 2.24. The van der Waals surface area contributed by atoms with Crippen molar-refractivity contribution < 1.29 is 18.3 Å². The summed E-state index contributed by atoms with van der Waals surface area (Å²) in [7, 11) is 0. The highest BCUT2D eigenvalue weighted by Gasteiger charge is 2.09. The first kappa shape index (κ1) is 17.3. The van der Waals surface area contributed by atoms with Crippen LogP contribution >= 0.6 is 15.9 Å². The largest absolute Gasteiger partial charge is 0.434 e. The Hall–Kier alpha value is -0.720. The molecule has 0 bridgehead atoms. The minimum atomic E-state index is -2.82. The zero-order valence-corrected chi connectivity index (χ0v) is 13.3. The van der Waals surface area contributed by atoms with Crippen LogP contribution in [0, 0.1) is 5.92 Å². The van der Waals surface area contributed by atoms with Crippen LogP contribution in [0.4, 0.5) is 8.78 Å². The maximum atomic E-state index is 12.3. The number of alkyl halides is 2. The van der Waals surface area contributed by atoms with Gasteiger partial charge in [-0.15, -0.1) is 0 Å². The third-order valence-corrected chi connectivity index (χ3v) is 2.92. The van der Waals surface area contributed by atoms with Crippen molar-refractivity contribution in [1.29, 1.82) is 0 Å². The van der Waals surface area contributed by atoms with E-state index in [4.69, 9.17) is 4.74 Å². The fourth-order valence-electron chi connectivity index (χ4n) is 1.58. The van der Waals surface area contributed by atoms with E-state index in [0.717, 1.165) is 11.1 Å². The molecule has 0 saturated heterocycles. The third-order valence-electron chi connectivity index (χ3n) is 2.43. The number of hydrogen-bond acceptors (Lipinski definition) is 3. The zero-order chi connectivity index (χ0) is 15.0. The Labute approximate surface area is 126 Å². The van der Waals surface area contributed by atoms with E-state index in [-0.39, 0.29) is 5.75 Å². The number of benzene rings is 1. The molecule has 0 radical (unpaired) electrons. The van der Waals surface area contributed by atoms with E-state index in [1.807, 2.05) is 0 Å². The summed E-state index contributed by atoms with van der Waals surface area (Å²) in [6.07, 6.45) is 0. The lowest BCUT2D eigenvalue weighted by molar-refractivity contribution is -0.0505. The van der Waals surface area contributed by atoms with Gasteiger partial charge in [0.25, 0.3) is 0 Å². The van der Waals surface area contributed by atoms with E-state index in [1.165, 1.54) is 6.07 Å². The van der Waals surface area contributed by atoms with Crippen LogP contribution in [0.2, 0.25) is 0 Å². The minimum Gasteiger partial charge on any atom is -0.434 e. The summed E-state index contributed by atoms with van der Waals surface area (Å²) in [5.74, 6) is 0.699. The van der Waals surface area contributed by atoms with Crippen molar-refractivity contribution in [3.63, 3.8) is 0 Å². The van der Waals surface area contributed by atoms with Crippen LogP contribution in [0.3, 0.4) is 0 Å². The maximum absolute atomic E-state index is 12.3. The van der Waals surface area contributed by atoms with Crippen molar-refractivity contribution in [3.8, 4) is 5.75 Å². The van der Waals surface area contributed by atoms with E-state index in [2.05, 4.69) is 39.8 Å². The van der Waals surface area contributed by atoms with Crippen molar-refractivity contribution in [2.24, 2.45) is 5.92 Å². The molecule has 1 N–H and O–H groups in total. The van der Waals surface area contributed by atoms with Crippen molar-refractivity contribution >= 4 is 15.9 Å². The third kappa shape index (κ3) is 7.17. The summed E-state index contributed by atoms with van der Waals surface area (Å²) in [4.78, 5) is 0. The fourth-order valence-corrected chi connectivity index (χ4v) is 1.99. The molecule has 1 rings (SSSR count). The smallest absolute Gasteiger partial charge is 0.387 e. The van der Waals surface area contributed by atoms with Crippen LogP contribution in [0.15, 0.2) is 22.7 Å². The molecule has 0 aromatic heterocycles. The molecule has 0 unspecified atom stereocenters. The lowest BCUT2D eigenvalue weighted by atomic mass is 10.2. The van der Waals surface area contributed by atoms with Gasteiger partial charge in [-0.25, -0.2) is 0 Å². The minimum absolute atomic E-state index is 0.193. The number of halogens is 3. The lowest BCUT2D eigenvalue weighted by Gasteiger charge is -2.12. The second-order valence-electron chi connectivity index (χ2n) is 4.78. The van der Waals surface area contributed by atoms with Gasteiger partial charge in [-0.2, -0.15) is 8.78 Å². The average Bonchev–Trinajstić information content (AvgIpc) is 2.35. The number of rotatable bonds is 9. The first-order valence-electron chi connectivity index (χ1n) is 6.50. The summed E-state index contributed by atoms with van der Waals surface area (Å²) in [6.45, 7) is 3.78. The van der Waals surface area contributed by atoms with Gasteiger partial charge in [-0.05, 0) is 24.1 Å². The van der Waals surface area contributed by atoms with Crippen molar-refractivity contribution in [2.45, 2.75) is 27.0 Å². The van der Waals surface area contributed by atoms with Crippen molar-refractivity contribution in [3.05, 3.63) is 28.2 Å². The number of ether oxygens (including phenoxy) is 2. The van der Waals surface area contributed by atoms with Crippen LogP contribution in [0.1, 0.15) is 19.4 Å². The molecule has 0 aliphatic rings. The van der Waals surface area contributed by atoms with Crippen LogP contribution in [-0.4, -0.2) is 26.4 Å². The molecule has 20 heavy (non-hydrogen) atoms. The summed E-state index contributed by atoms with van der Waals surface area (Å²) in [5.41, 5.74) is 0.684. The molecule has 6 heteroatoms. The van der Waals surface area contributed by atoms with Crippen molar-refractivity contribution in [1.82, 2.24) is 5.32 Å². The molecular weight excluding hydrogens is 332 g/mol. The van der Waals surface area contributed by atoms with E-state index in [1.54, 1.807) is 12.1 Å². The Bertz CT molecular complexity index is 403. The SMILES string of the molecule is CC(C)COCCNCc1cc(Br)ccc1OC(F)F. The predicted octanol–water partition coefficient (Wildman–Crippen LogP) is 3.81. The van der Waals surface area contributed by atoms with Gasteiger partial charge >= 0.3 is 6.61 Å². The van der Waals surface area contributed by atoms with Gasteiger partial charge < -0.3 is 14.8 Å². The van der Waals surface area contributed by atoms with Gasteiger partial charge in [0.15, 0.2) is 0 Å². The summed E-state index contributed by atoms with van der Waals surface area (Å²) in [6, 6.07) is 4.97. The number of hydrogen-bond donors (Lipinski definition) is 1. The topological polar surface area (TPSA) is 30.5 Å². The Balaban J connectivity index is 2.40. The molecule has 0 atom stereocenters. The van der Waals surface area contributed by atoms with Crippen LogP contribution in [-0.2, 0) is 11.3 Å². The molecule has 0 aliphatic carbocycles. The first-order valence-corrected chi connectivity index (χ1v) is 7.30. The molecule has 3 nitrogen and oxygen atoms in total. The molecule has 0 aliphatic heterocycles. The number of nitrogens with one attached hydrogen (secondary N) is 1. The molecule has 0 saturated carbocycles. The van der Waals surface area contributed by atoms with Crippen LogP contribution in [0.5, 0.6) is 5.75 Å². The van der Waals surface area contributed by atoms with Gasteiger partial charge in [-0.1, -0.05) is 29.8 Å². The summed E-state index contributed by atoms with van der Waals surface area (Å²) >= 11 is 3.32. The average molecular weight is 352 g/mol. The van der Waals surface area contributed by atoms with Crippen molar-refractivity contribution in [2.75, 3.05) is 19.8 Å². The zero-order valence-electron chi connectivity index (χ0n) is 11.7. The Morgan fingerprint density at radius 2 is 2.05 bits per heavy atom. The van der Waals surface area contributed by atoms with Gasteiger partial charge in [0.2, 0.25) is 0 Å². The van der Waals surface area contributed by atoms with Crippen LogP contribution in [0.25, 0.3) is 0 Å². The maximum Gasteiger partial charge on any atom is 0.387 e. The molecule has 1 aromatic carbocycles. The second-order valence-corrected chi connectivity index (χ2v) is 5.69.